The molecule has 9 heteroatoms. The number of nitrogens with one attached hydrogen (secondary N) is 2. The fourth-order valence-electron chi connectivity index (χ4n) is 3.98. The molecule has 1 amide bonds. The van der Waals surface area contributed by atoms with Gasteiger partial charge in [0.25, 0.3) is 0 Å². The van der Waals surface area contributed by atoms with Crippen LogP contribution < -0.4 is 10.6 Å². The van der Waals surface area contributed by atoms with Crippen LogP contribution in [0.1, 0.15) is 32.1 Å². The third-order valence-corrected chi connectivity index (χ3v) is 5.25. The van der Waals surface area contributed by atoms with E-state index in [0.29, 0.717) is 32.0 Å². The number of guanidine groups is 1. The maximum absolute atomic E-state index is 12.6. The second-order valence-electron chi connectivity index (χ2n) is 7.59. The van der Waals surface area contributed by atoms with Crippen LogP contribution in [0.4, 0.5) is 13.2 Å². The number of carbonyl (C=O) groups excluding carboxylic acids is 1. The van der Waals surface area contributed by atoms with Gasteiger partial charge in [0.1, 0.15) is 0 Å². The van der Waals surface area contributed by atoms with Crippen molar-refractivity contribution in [2.45, 2.75) is 44.3 Å². The van der Waals surface area contributed by atoms with E-state index in [4.69, 9.17) is 0 Å². The van der Waals surface area contributed by atoms with E-state index < -0.39 is 18.1 Å². The highest BCUT2D eigenvalue weighted by Crippen LogP contribution is 2.38. The van der Waals surface area contributed by atoms with Crippen molar-refractivity contribution in [2.24, 2.45) is 10.4 Å². The van der Waals surface area contributed by atoms with Crippen molar-refractivity contribution in [3.05, 3.63) is 0 Å². The lowest BCUT2D eigenvalue weighted by Crippen LogP contribution is -2.51. The summed E-state index contributed by atoms with van der Waals surface area (Å²) in [7, 11) is 5.17. The zero-order chi connectivity index (χ0) is 19.4. The number of carbonyl (C=O) groups is 1. The first kappa shape index (κ1) is 20.8. The number of hydrogen-bond donors (Lipinski definition) is 2. The van der Waals surface area contributed by atoms with Gasteiger partial charge in [-0.25, -0.2) is 0 Å². The maximum atomic E-state index is 12.6. The van der Waals surface area contributed by atoms with Gasteiger partial charge in [-0.3, -0.25) is 14.7 Å². The molecule has 150 valence electrons. The number of rotatable bonds is 5. The summed E-state index contributed by atoms with van der Waals surface area (Å²) in [6.07, 6.45) is 0.215. The topological polar surface area (TPSA) is 60.0 Å². The molecule has 0 aromatic heterocycles. The first-order valence-corrected chi connectivity index (χ1v) is 9.13. The lowest BCUT2D eigenvalue weighted by molar-refractivity contribution is -0.143. The molecule has 26 heavy (non-hydrogen) atoms. The lowest BCUT2D eigenvalue weighted by atomic mass is 9.84. The van der Waals surface area contributed by atoms with Crippen LogP contribution in [0.25, 0.3) is 0 Å². The highest BCUT2D eigenvalue weighted by atomic mass is 19.4. The van der Waals surface area contributed by atoms with Gasteiger partial charge in [-0.2, -0.15) is 13.2 Å². The number of amides is 1. The van der Waals surface area contributed by atoms with Crippen molar-refractivity contribution >= 4 is 11.9 Å². The van der Waals surface area contributed by atoms with Crippen molar-refractivity contribution in [3.63, 3.8) is 0 Å². The zero-order valence-electron chi connectivity index (χ0n) is 15.8. The van der Waals surface area contributed by atoms with Gasteiger partial charge < -0.3 is 15.5 Å². The average molecular weight is 377 g/mol. The molecular weight excluding hydrogens is 347 g/mol. The molecule has 1 aliphatic heterocycles. The molecule has 0 aromatic carbocycles. The van der Waals surface area contributed by atoms with Crippen molar-refractivity contribution in [1.29, 1.82) is 0 Å². The Hall–Kier alpha value is -1.51. The monoisotopic (exact) mass is 377 g/mol. The molecule has 2 rings (SSSR count). The lowest BCUT2D eigenvalue weighted by Gasteiger charge is -2.31. The van der Waals surface area contributed by atoms with Crippen molar-refractivity contribution in [3.8, 4) is 0 Å². The summed E-state index contributed by atoms with van der Waals surface area (Å²) in [5.74, 6) is 0.664. The highest BCUT2D eigenvalue weighted by Gasteiger charge is 2.42. The van der Waals surface area contributed by atoms with Crippen LogP contribution in [0, 0.1) is 5.41 Å². The number of nitrogens with zero attached hydrogens (tertiary/aromatic N) is 3. The van der Waals surface area contributed by atoms with Crippen LogP contribution in [-0.4, -0.2) is 81.2 Å². The Morgan fingerprint density at radius 3 is 2.50 bits per heavy atom. The normalized spacial score (nSPS) is 23.9. The molecule has 1 heterocycles. The summed E-state index contributed by atoms with van der Waals surface area (Å²) >= 11 is 0. The molecule has 1 atom stereocenters. The Balaban J connectivity index is 1.87. The minimum atomic E-state index is -4.17. The van der Waals surface area contributed by atoms with E-state index in [9.17, 15) is 18.0 Å². The average Bonchev–Trinajstić information content (AvgIpc) is 3.19. The van der Waals surface area contributed by atoms with Gasteiger partial charge in [0.15, 0.2) is 5.96 Å². The predicted octanol–water partition coefficient (Wildman–Crippen LogP) is 1.44. The highest BCUT2D eigenvalue weighted by molar-refractivity contribution is 5.85. The number of alkyl halides is 3. The third kappa shape index (κ3) is 5.49. The molecule has 2 fully saturated rings. The Morgan fingerprint density at radius 1 is 1.31 bits per heavy atom. The van der Waals surface area contributed by atoms with Crippen LogP contribution in [-0.2, 0) is 4.79 Å². The number of likely N-dealkylation sites (tertiary alicyclic amines) is 1. The summed E-state index contributed by atoms with van der Waals surface area (Å²) < 4.78 is 37.5. The number of aliphatic imine (C=N–C) groups is 1. The summed E-state index contributed by atoms with van der Waals surface area (Å²) in [6.45, 7) is 0.361. The smallest absolute Gasteiger partial charge is 0.355 e. The summed E-state index contributed by atoms with van der Waals surface area (Å²) in [5.41, 5.74) is -0.418. The zero-order valence-corrected chi connectivity index (χ0v) is 15.8. The van der Waals surface area contributed by atoms with Crippen molar-refractivity contribution in [2.75, 3.05) is 47.3 Å². The van der Waals surface area contributed by atoms with Crippen LogP contribution >= 0.6 is 0 Å². The van der Waals surface area contributed by atoms with Gasteiger partial charge in [0.05, 0.1) is 12.0 Å². The molecule has 1 unspecified atom stereocenters. The molecule has 0 bridgehead atoms. The minimum absolute atomic E-state index is 0.0763. The first-order valence-electron chi connectivity index (χ1n) is 9.13. The van der Waals surface area contributed by atoms with Crippen LogP contribution in [0.3, 0.4) is 0 Å². The molecule has 0 radical (unpaired) electrons. The Morgan fingerprint density at radius 2 is 1.96 bits per heavy atom. The van der Waals surface area contributed by atoms with E-state index in [1.165, 1.54) is 4.90 Å². The van der Waals surface area contributed by atoms with E-state index >= 15 is 0 Å². The van der Waals surface area contributed by atoms with E-state index in [1.807, 2.05) is 0 Å². The maximum Gasteiger partial charge on any atom is 0.401 e. The fourth-order valence-corrected chi connectivity index (χ4v) is 3.98. The minimum Gasteiger partial charge on any atom is -0.355 e. The molecule has 0 spiro atoms. The molecule has 2 N–H and O–H groups in total. The van der Waals surface area contributed by atoms with Crippen molar-refractivity contribution < 1.29 is 18.0 Å². The molecule has 1 saturated carbocycles. The summed E-state index contributed by atoms with van der Waals surface area (Å²) in [4.78, 5) is 19.8. The van der Waals surface area contributed by atoms with Crippen LogP contribution in [0.2, 0.25) is 0 Å². The van der Waals surface area contributed by atoms with Gasteiger partial charge >= 0.3 is 6.18 Å². The Labute approximate surface area is 153 Å². The quantitative estimate of drug-likeness (QED) is 0.562. The van der Waals surface area contributed by atoms with Gasteiger partial charge in [-0.1, -0.05) is 12.8 Å². The molecular formula is C17H30F3N5O. The number of hydrogen-bond acceptors (Lipinski definition) is 3. The third-order valence-electron chi connectivity index (χ3n) is 5.25. The van der Waals surface area contributed by atoms with Crippen molar-refractivity contribution in [1.82, 2.24) is 20.4 Å². The molecule has 1 aliphatic carbocycles. The van der Waals surface area contributed by atoms with E-state index in [1.54, 1.807) is 26.0 Å². The second kappa shape index (κ2) is 8.45. The Kier molecular flexibility index (Phi) is 6.76. The van der Waals surface area contributed by atoms with E-state index in [0.717, 1.165) is 25.7 Å². The van der Waals surface area contributed by atoms with Gasteiger partial charge in [-0.05, 0) is 19.3 Å². The fraction of sp³-hybridized carbons (Fsp3) is 0.882. The van der Waals surface area contributed by atoms with Gasteiger partial charge in [0, 0.05) is 46.8 Å². The van der Waals surface area contributed by atoms with Crippen LogP contribution in [0.5, 0.6) is 0 Å². The first-order chi connectivity index (χ1) is 12.1. The van der Waals surface area contributed by atoms with Crippen LogP contribution in [0.15, 0.2) is 4.99 Å². The molecule has 2 aliphatic rings. The SMILES string of the molecule is CN=C(NCC1(C(=O)N(C)C)CCCC1)NC1CCN(CC(F)(F)F)C1. The van der Waals surface area contributed by atoms with E-state index in [2.05, 4.69) is 15.6 Å². The summed E-state index contributed by atoms with van der Waals surface area (Å²) in [5, 5.41) is 6.42. The second-order valence-corrected chi connectivity index (χ2v) is 7.59. The van der Waals surface area contributed by atoms with Gasteiger partial charge in [0.2, 0.25) is 5.91 Å². The standard InChI is InChI=1S/C17H30F3N5O/c1-21-15(23-13-6-9-25(10-13)12-17(18,19)20)22-11-16(7-4-5-8-16)14(26)24(2)3/h13H,4-12H2,1-3H3,(H2,21,22,23). The molecule has 0 aromatic rings. The number of halogens is 3. The predicted molar refractivity (Wildman–Crippen MR) is 95.0 cm³/mol. The summed E-state index contributed by atoms with van der Waals surface area (Å²) in [6, 6.07) is -0.0763. The molecule has 1 saturated heterocycles. The van der Waals surface area contributed by atoms with Gasteiger partial charge in [-0.15, -0.1) is 0 Å². The Bertz CT molecular complexity index is 515. The van der Waals surface area contributed by atoms with E-state index in [-0.39, 0.29) is 11.9 Å². The molecule has 6 nitrogen and oxygen atoms in total. The largest absolute Gasteiger partial charge is 0.401 e.